The maximum Gasteiger partial charge on any atom is 0.243 e. The van der Waals surface area contributed by atoms with E-state index in [-0.39, 0.29) is 24.4 Å². The first-order valence-corrected chi connectivity index (χ1v) is 6.29. The summed E-state index contributed by atoms with van der Waals surface area (Å²) in [5.41, 5.74) is 0. The lowest BCUT2D eigenvalue weighted by atomic mass is 10.0. The van der Waals surface area contributed by atoms with Gasteiger partial charge < -0.3 is 10.2 Å². The van der Waals surface area contributed by atoms with Crippen LogP contribution in [-0.4, -0.2) is 35.8 Å². The Morgan fingerprint density at radius 2 is 2.00 bits per heavy atom. The summed E-state index contributed by atoms with van der Waals surface area (Å²) in [5, 5.41) is 2.66. The Morgan fingerprint density at radius 1 is 1.31 bits per heavy atom. The van der Waals surface area contributed by atoms with Crippen molar-refractivity contribution in [1.29, 1.82) is 0 Å². The minimum Gasteiger partial charge on any atom is -0.345 e. The average molecular weight is 224 g/mol. The van der Waals surface area contributed by atoms with Crippen molar-refractivity contribution in [1.82, 2.24) is 10.2 Å². The summed E-state index contributed by atoms with van der Waals surface area (Å²) in [6, 6.07) is -0.234. The van der Waals surface area contributed by atoms with Crippen LogP contribution in [0.3, 0.4) is 0 Å². The van der Waals surface area contributed by atoms with Gasteiger partial charge in [-0.05, 0) is 25.2 Å². The zero-order valence-corrected chi connectivity index (χ0v) is 9.87. The smallest absolute Gasteiger partial charge is 0.243 e. The third-order valence-corrected chi connectivity index (χ3v) is 3.73. The topological polar surface area (TPSA) is 49.4 Å². The summed E-state index contributed by atoms with van der Waals surface area (Å²) >= 11 is 0. The van der Waals surface area contributed by atoms with Crippen molar-refractivity contribution < 1.29 is 9.59 Å². The molecule has 2 fully saturated rings. The van der Waals surface area contributed by atoms with E-state index in [1.807, 2.05) is 6.92 Å². The van der Waals surface area contributed by atoms with Gasteiger partial charge in [-0.25, -0.2) is 0 Å². The summed E-state index contributed by atoms with van der Waals surface area (Å²) in [6.07, 6.45) is 5.68. The molecule has 1 aliphatic heterocycles. The molecule has 1 unspecified atom stereocenters. The van der Waals surface area contributed by atoms with Gasteiger partial charge in [0.25, 0.3) is 0 Å². The maximum atomic E-state index is 11.8. The highest BCUT2D eigenvalue weighted by atomic mass is 16.2. The van der Waals surface area contributed by atoms with Crippen LogP contribution in [0.1, 0.15) is 39.0 Å². The second kappa shape index (κ2) is 4.85. The molecule has 2 rings (SSSR count). The Morgan fingerprint density at radius 3 is 2.62 bits per heavy atom. The molecule has 2 amide bonds. The second-order valence-corrected chi connectivity index (χ2v) is 4.84. The molecule has 2 aliphatic rings. The van der Waals surface area contributed by atoms with Gasteiger partial charge in [0.05, 0.1) is 6.54 Å². The Labute approximate surface area is 96.4 Å². The standard InChI is InChI=1S/C12H20N2O2/c1-2-10-12(16)13-7-11(15)14(10)8-9-5-3-4-6-9/h9-10H,2-8H2,1H3,(H,13,16). The van der Waals surface area contributed by atoms with Gasteiger partial charge in [0.2, 0.25) is 11.8 Å². The molecule has 1 N–H and O–H groups in total. The normalized spacial score (nSPS) is 27.3. The van der Waals surface area contributed by atoms with E-state index in [4.69, 9.17) is 0 Å². The molecule has 0 aromatic rings. The summed E-state index contributed by atoms with van der Waals surface area (Å²) in [4.78, 5) is 25.3. The molecule has 4 nitrogen and oxygen atoms in total. The van der Waals surface area contributed by atoms with Crippen molar-refractivity contribution in [2.45, 2.75) is 45.1 Å². The molecule has 1 aliphatic carbocycles. The average Bonchev–Trinajstić information content (AvgIpc) is 2.77. The minimum atomic E-state index is -0.234. The molecular formula is C12H20N2O2. The van der Waals surface area contributed by atoms with E-state index in [2.05, 4.69) is 5.32 Å². The molecule has 0 aromatic heterocycles. The van der Waals surface area contributed by atoms with Gasteiger partial charge in [-0.1, -0.05) is 19.8 Å². The van der Waals surface area contributed by atoms with Gasteiger partial charge in [0, 0.05) is 6.54 Å². The number of piperazine rings is 1. The highest BCUT2D eigenvalue weighted by molar-refractivity contribution is 5.94. The number of nitrogens with zero attached hydrogens (tertiary/aromatic N) is 1. The summed E-state index contributed by atoms with van der Waals surface area (Å²) in [5.74, 6) is 0.711. The van der Waals surface area contributed by atoms with E-state index in [0.717, 1.165) is 6.54 Å². The lowest BCUT2D eigenvalue weighted by molar-refractivity contribution is -0.146. The van der Waals surface area contributed by atoms with Crippen molar-refractivity contribution in [3.8, 4) is 0 Å². The number of nitrogens with one attached hydrogen (secondary N) is 1. The van der Waals surface area contributed by atoms with Gasteiger partial charge in [-0.3, -0.25) is 9.59 Å². The fraction of sp³-hybridized carbons (Fsp3) is 0.833. The first-order valence-electron chi connectivity index (χ1n) is 6.29. The molecule has 0 radical (unpaired) electrons. The predicted molar refractivity (Wildman–Crippen MR) is 60.8 cm³/mol. The number of carbonyl (C=O) groups excluding carboxylic acids is 2. The van der Waals surface area contributed by atoms with Crippen LogP contribution < -0.4 is 5.32 Å². The highest BCUT2D eigenvalue weighted by Gasteiger charge is 2.34. The highest BCUT2D eigenvalue weighted by Crippen LogP contribution is 2.26. The molecule has 0 spiro atoms. The van der Waals surface area contributed by atoms with E-state index < -0.39 is 0 Å². The van der Waals surface area contributed by atoms with Crippen LogP contribution in [0.5, 0.6) is 0 Å². The van der Waals surface area contributed by atoms with Crippen LogP contribution in [0.25, 0.3) is 0 Å². The lowest BCUT2D eigenvalue weighted by Gasteiger charge is -2.36. The molecule has 4 heteroatoms. The fourth-order valence-electron chi connectivity index (χ4n) is 2.80. The van der Waals surface area contributed by atoms with E-state index in [1.165, 1.54) is 25.7 Å². The molecular weight excluding hydrogens is 204 g/mol. The quantitative estimate of drug-likeness (QED) is 0.774. The molecule has 1 heterocycles. The Balaban J connectivity index is 2.02. The SMILES string of the molecule is CCC1C(=O)NCC(=O)N1CC1CCCC1. The number of carbonyl (C=O) groups is 2. The van der Waals surface area contributed by atoms with Gasteiger partial charge >= 0.3 is 0 Å². The van der Waals surface area contributed by atoms with Crippen molar-refractivity contribution in [2.75, 3.05) is 13.1 Å². The van der Waals surface area contributed by atoms with E-state index in [9.17, 15) is 9.59 Å². The van der Waals surface area contributed by atoms with Crippen LogP contribution in [0.2, 0.25) is 0 Å². The number of hydrogen-bond donors (Lipinski definition) is 1. The van der Waals surface area contributed by atoms with E-state index in [1.54, 1.807) is 4.90 Å². The summed E-state index contributed by atoms with van der Waals surface area (Å²) in [6.45, 7) is 2.93. The van der Waals surface area contributed by atoms with Gasteiger partial charge in [0.1, 0.15) is 6.04 Å². The number of hydrogen-bond acceptors (Lipinski definition) is 2. The summed E-state index contributed by atoms with van der Waals surface area (Å²) in [7, 11) is 0. The van der Waals surface area contributed by atoms with Crippen molar-refractivity contribution in [3.05, 3.63) is 0 Å². The second-order valence-electron chi connectivity index (χ2n) is 4.84. The van der Waals surface area contributed by atoms with Crippen molar-refractivity contribution >= 4 is 11.8 Å². The van der Waals surface area contributed by atoms with Crippen LogP contribution in [-0.2, 0) is 9.59 Å². The zero-order valence-electron chi connectivity index (χ0n) is 9.87. The molecule has 90 valence electrons. The van der Waals surface area contributed by atoms with Crippen molar-refractivity contribution in [3.63, 3.8) is 0 Å². The molecule has 1 saturated carbocycles. The maximum absolute atomic E-state index is 11.8. The van der Waals surface area contributed by atoms with Crippen LogP contribution in [0.4, 0.5) is 0 Å². The van der Waals surface area contributed by atoms with Crippen LogP contribution >= 0.6 is 0 Å². The third kappa shape index (κ3) is 2.20. The molecule has 16 heavy (non-hydrogen) atoms. The Bertz CT molecular complexity index is 285. The molecule has 1 saturated heterocycles. The first-order chi connectivity index (χ1) is 7.72. The Hall–Kier alpha value is -1.06. The largest absolute Gasteiger partial charge is 0.345 e. The van der Waals surface area contributed by atoms with Crippen LogP contribution in [0, 0.1) is 5.92 Å². The van der Waals surface area contributed by atoms with Gasteiger partial charge in [0.15, 0.2) is 0 Å². The number of rotatable bonds is 3. The molecule has 0 bridgehead atoms. The predicted octanol–water partition coefficient (Wildman–Crippen LogP) is 0.914. The Kier molecular flexibility index (Phi) is 3.46. The molecule has 1 atom stereocenters. The third-order valence-electron chi connectivity index (χ3n) is 3.73. The van der Waals surface area contributed by atoms with Gasteiger partial charge in [-0.15, -0.1) is 0 Å². The first kappa shape index (κ1) is 11.4. The van der Waals surface area contributed by atoms with Crippen LogP contribution in [0.15, 0.2) is 0 Å². The minimum absolute atomic E-state index is 0.0140. The summed E-state index contributed by atoms with van der Waals surface area (Å²) < 4.78 is 0. The van der Waals surface area contributed by atoms with Crippen molar-refractivity contribution in [2.24, 2.45) is 5.92 Å². The number of amides is 2. The van der Waals surface area contributed by atoms with E-state index in [0.29, 0.717) is 12.3 Å². The molecule has 0 aromatic carbocycles. The van der Waals surface area contributed by atoms with E-state index >= 15 is 0 Å². The zero-order chi connectivity index (χ0) is 11.5. The monoisotopic (exact) mass is 224 g/mol. The van der Waals surface area contributed by atoms with Gasteiger partial charge in [-0.2, -0.15) is 0 Å². The fourth-order valence-corrected chi connectivity index (χ4v) is 2.80. The lowest BCUT2D eigenvalue weighted by Crippen LogP contribution is -2.58.